The molecule has 0 atom stereocenters. The van der Waals surface area contributed by atoms with E-state index in [1.807, 2.05) is 11.3 Å². The highest BCUT2D eigenvalue weighted by atomic mass is 32.1. The third-order valence-corrected chi connectivity index (χ3v) is 21.0. The van der Waals surface area contributed by atoms with Crippen LogP contribution in [0.1, 0.15) is 181 Å². The fourth-order valence-electron chi connectivity index (χ4n) is 15.0. The Bertz CT molecular complexity index is 3960. The predicted molar refractivity (Wildman–Crippen MR) is 318 cm³/mol. The smallest absolute Gasteiger partial charge is 0.333 e. The monoisotopic (exact) mass is 973 g/mol. The van der Waals surface area contributed by atoms with Gasteiger partial charge in [0.1, 0.15) is 0 Å². The molecule has 0 saturated heterocycles. The van der Waals surface area contributed by atoms with Crippen molar-refractivity contribution in [3.8, 4) is 27.9 Å². The summed E-state index contributed by atoms with van der Waals surface area (Å²) in [6.45, 7) is 39.1. The molecule has 7 aromatic carbocycles. The summed E-state index contributed by atoms with van der Waals surface area (Å²) in [5, 5.41) is 5.62. The number of benzene rings is 7. The normalized spacial score (nSPS) is 19.2. The fraction of sp³-hybridized carbons (Fsp3) is 0.391. The summed E-state index contributed by atoms with van der Waals surface area (Å²) in [4.78, 5) is 2.81. The summed E-state index contributed by atoms with van der Waals surface area (Å²) < 4.78 is 5.55. The topological polar surface area (TPSA) is 8.17 Å². The van der Waals surface area contributed by atoms with Crippen LogP contribution in [0.4, 0.5) is 11.4 Å². The van der Waals surface area contributed by atoms with Crippen LogP contribution in [0.2, 0.25) is 0 Å². The van der Waals surface area contributed by atoms with Gasteiger partial charge in [0.15, 0.2) is 0 Å². The molecule has 2 aromatic heterocycles. The van der Waals surface area contributed by atoms with Gasteiger partial charge in [0.05, 0.1) is 11.0 Å². The second-order valence-corrected chi connectivity index (χ2v) is 29.7. The van der Waals surface area contributed by atoms with E-state index in [0.717, 1.165) is 0 Å². The highest BCUT2D eigenvalue weighted by molar-refractivity contribution is 7.27. The number of nitrogens with zero attached hydrogens (tertiary/aromatic N) is 2. The molecular weight excluding hydrogens is 900 g/mol. The van der Waals surface area contributed by atoms with Gasteiger partial charge in [-0.15, -0.1) is 11.3 Å². The number of aromatic nitrogens is 1. The molecule has 0 amide bonds. The van der Waals surface area contributed by atoms with Crippen LogP contribution in [0.5, 0.6) is 0 Å². The first-order chi connectivity index (χ1) is 34.2. The van der Waals surface area contributed by atoms with Crippen LogP contribution < -0.4 is 15.7 Å². The molecule has 368 valence electrons. The predicted octanol–water partition coefficient (Wildman–Crippen LogP) is 18.0. The molecular formula is C69H73BN2S. The van der Waals surface area contributed by atoms with Gasteiger partial charge in [0.25, 0.3) is 0 Å². The Hall–Kier alpha value is -5.58. The van der Waals surface area contributed by atoms with Crippen molar-refractivity contribution in [3.05, 3.63) is 148 Å². The average Bonchev–Trinajstić information content (AvgIpc) is 3.95. The van der Waals surface area contributed by atoms with Crippen molar-refractivity contribution in [1.29, 1.82) is 0 Å². The molecule has 0 spiro atoms. The Kier molecular flexibility index (Phi) is 8.83. The first-order valence-corrected chi connectivity index (χ1v) is 28.4. The van der Waals surface area contributed by atoms with E-state index in [4.69, 9.17) is 0 Å². The molecule has 0 fully saturated rings. The van der Waals surface area contributed by atoms with Gasteiger partial charge >= 0.3 is 6.85 Å². The van der Waals surface area contributed by atoms with Gasteiger partial charge in [-0.1, -0.05) is 159 Å². The SMILES string of the molecule is CC(C)(C)c1ccc(N2B3c4cc(C(C)(C)C)ccc4-n4c5cc6c(cc5c5c7c(sc8ccccc87)c(c3c54)-c3cc4c(cc32)C(C)(C)c2cc3c(cc2-4)C(C)(C)CCC3(C)C)C(C)(C)CCC6(C)C)cc1. The minimum Gasteiger partial charge on any atom is -0.376 e. The van der Waals surface area contributed by atoms with Crippen molar-refractivity contribution < 1.29 is 0 Å². The van der Waals surface area contributed by atoms with Crippen molar-refractivity contribution in [2.45, 2.75) is 174 Å². The lowest BCUT2D eigenvalue weighted by Gasteiger charge is -2.43. The Morgan fingerprint density at radius 1 is 0.493 bits per heavy atom. The van der Waals surface area contributed by atoms with E-state index in [1.54, 1.807) is 5.56 Å². The highest BCUT2D eigenvalue weighted by Gasteiger charge is 2.49. The molecule has 9 aromatic rings. The molecule has 14 rings (SSSR count). The third kappa shape index (κ3) is 6.00. The Morgan fingerprint density at radius 2 is 1.05 bits per heavy atom. The summed E-state index contributed by atoms with van der Waals surface area (Å²) in [5.74, 6) is 0. The van der Waals surface area contributed by atoms with Gasteiger partial charge in [0.2, 0.25) is 0 Å². The van der Waals surface area contributed by atoms with Crippen LogP contribution in [-0.4, -0.2) is 11.4 Å². The average molecular weight is 973 g/mol. The quantitative estimate of drug-likeness (QED) is 0.149. The van der Waals surface area contributed by atoms with E-state index in [1.165, 1.54) is 157 Å². The fourth-order valence-corrected chi connectivity index (χ4v) is 16.3. The molecule has 2 aliphatic heterocycles. The Balaban J connectivity index is 1.20. The largest absolute Gasteiger partial charge is 0.376 e. The number of thiophene rings is 1. The van der Waals surface area contributed by atoms with Crippen LogP contribution in [-0.2, 0) is 37.9 Å². The molecule has 0 unspecified atom stereocenters. The van der Waals surface area contributed by atoms with Crippen molar-refractivity contribution in [2.75, 3.05) is 4.81 Å². The van der Waals surface area contributed by atoms with Gasteiger partial charge in [-0.3, -0.25) is 0 Å². The van der Waals surface area contributed by atoms with Gasteiger partial charge < -0.3 is 9.38 Å². The van der Waals surface area contributed by atoms with E-state index in [-0.39, 0.29) is 44.8 Å². The Labute approximate surface area is 439 Å². The van der Waals surface area contributed by atoms with Crippen LogP contribution in [0.25, 0.3) is 69.9 Å². The lowest BCUT2D eigenvalue weighted by Crippen LogP contribution is -2.60. The molecule has 0 radical (unpaired) electrons. The summed E-state index contributed by atoms with van der Waals surface area (Å²) >= 11 is 2.03. The highest BCUT2D eigenvalue weighted by Crippen LogP contribution is 2.60. The second kappa shape index (κ2) is 14.0. The van der Waals surface area contributed by atoms with Gasteiger partial charge in [-0.05, 0) is 179 Å². The lowest BCUT2D eigenvalue weighted by molar-refractivity contribution is 0.331. The minimum absolute atomic E-state index is 0.0328. The number of fused-ring (bicyclic) bond motifs is 18. The van der Waals surface area contributed by atoms with E-state index in [9.17, 15) is 0 Å². The first-order valence-electron chi connectivity index (χ1n) is 27.6. The standard InChI is InChI=1S/C69H73BN2S/c1-63(2,3)38-21-24-40(25-22-38)72-55-36-47-42(43-33-48-50(35-46(43)69(47,15)16)67(11,12)29-27-65(48,7)8)32-44(55)59-60-61-57(58-41-19-17-18-20-56(41)73-62(58)59)45-34-49-51(68(13,14)30-28-66(49,9)10)37-54(45)71(61)53-26-23-39(64(4,5)6)31-52(53)70(60)72/h17-26,31-37H,27-30H2,1-16H3. The zero-order valence-corrected chi connectivity index (χ0v) is 47.3. The van der Waals surface area contributed by atoms with Gasteiger partial charge in [0, 0.05) is 64.5 Å². The number of anilines is 2. The summed E-state index contributed by atoms with van der Waals surface area (Å²) in [7, 11) is 0. The summed E-state index contributed by atoms with van der Waals surface area (Å²) in [6, 6.07) is 42.7. The summed E-state index contributed by atoms with van der Waals surface area (Å²) in [6.07, 6.45) is 4.78. The molecule has 73 heavy (non-hydrogen) atoms. The van der Waals surface area contributed by atoms with Crippen LogP contribution in [0.3, 0.4) is 0 Å². The minimum atomic E-state index is -0.192. The molecule has 4 heterocycles. The van der Waals surface area contributed by atoms with Crippen molar-refractivity contribution in [2.24, 2.45) is 0 Å². The second-order valence-electron chi connectivity index (χ2n) is 28.7. The van der Waals surface area contributed by atoms with E-state index in [2.05, 4.69) is 223 Å². The molecule has 3 aliphatic carbocycles. The maximum Gasteiger partial charge on any atom is 0.333 e. The van der Waals surface area contributed by atoms with E-state index in [0.29, 0.717) is 0 Å². The lowest BCUT2D eigenvalue weighted by atomic mass is 9.43. The molecule has 0 N–H and O–H groups in total. The van der Waals surface area contributed by atoms with Crippen LogP contribution >= 0.6 is 11.3 Å². The number of hydrogen-bond acceptors (Lipinski definition) is 2. The van der Waals surface area contributed by atoms with E-state index < -0.39 is 0 Å². The third-order valence-electron chi connectivity index (χ3n) is 19.8. The zero-order chi connectivity index (χ0) is 51.2. The van der Waals surface area contributed by atoms with Crippen molar-refractivity contribution >= 4 is 82.5 Å². The summed E-state index contributed by atoms with van der Waals surface area (Å²) in [5.41, 5.74) is 27.1. The molecule has 5 aliphatic rings. The van der Waals surface area contributed by atoms with Crippen LogP contribution in [0, 0.1) is 0 Å². The Morgan fingerprint density at radius 3 is 1.70 bits per heavy atom. The van der Waals surface area contributed by atoms with Crippen LogP contribution in [0.15, 0.2) is 103 Å². The van der Waals surface area contributed by atoms with E-state index >= 15 is 0 Å². The molecule has 0 saturated carbocycles. The maximum atomic E-state index is 2.81. The van der Waals surface area contributed by atoms with Gasteiger partial charge in [-0.2, -0.15) is 0 Å². The first kappa shape index (κ1) is 46.0. The maximum absolute atomic E-state index is 2.81. The zero-order valence-electron chi connectivity index (χ0n) is 46.5. The molecule has 0 bridgehead atoms. The number of rotatable bonds is 1. The molecule has 2 nitrogen and oxygen atoms in total. The molecule has 4 heteroatoms. The van der Waals surface area contributed by atoms with Gasteiger partial charge in [-0.25, -0.2) is 0 Å². The number of hydrogen-bond donors (Lipinski definition) is 0. The van der Waals surface area contributed by atoms with Crippen molar-refractivity contribution in [3.63, 3.8) is 0 Å². The van der Waals surface area contributed by atoms with Crippen molar-refractivity contribution in [1.82, 2.24) is 4.57 Å².